The number of benzene rings is 1. The van der Waals surface area contributed by atoms with Gasteiger partial charge in [0.1, 0.15) is 5.82 Å². The molecule has 106 valence electrons. The third-order valence-corrected chi connectivity index (χ3v) is 3.83. The molecule has 0 bridgehead atoms. The summed E-state index contributed by atoms with van der Waals surface area (Å²) >= 11 is 0. The number of pyridine rings is 1. The molecule has 0 fully saturated rings. The predicted octanol–water partition coefficient (Wildman–Crippen LogP) is 1.32. The first-order chi connectivity index (χ1) is 9.59. The van der Waals surface area contributed by atoms with Gasteiger partial charge in [-0.2, -0.15) is 0 Å². The smallest absolute Gasteiger partial charge is 0.253 e. The highest BCUT2D eigenvalue weighted by Crippen LogP contribution is 2.22. The maximum absolute atomic E-state index is 12.1. The van der Waals surface area contributed by atoms with E-state index in [4.69, 9.17) is 5.73 Å². The second-order valence-electron chi connectivity index (χ2n) is 4.49. The summed E-state index contributed by atoms with van der Waals surface area (Å²) in [5, 5.41) is 4.37. The fourth-order valence-corrected chi connectivity index (χ4v) is 2.52. The molecule has 0 aliphatic rings. The van der Waals surface area contributed by atoms with Gasteiger partial charge >= 0.3 is 0 Å². The van der Waals surface area contributed by atoms with Crippen molar-refractivity contribution >= 4 is 33.3 Å². The number of carbonyl (C=O) groups excluding carboxylic acids is 1. The van der Waals surface area contributed by atoms with Gasteiger partial charge in [0.2, 0.25) is 0 Å². The third-order valence-electron chi connectivity index (χ3n) is 2.96. The molecule has 0 saturated heterocycles. The summed E-state index contributed by atoms with van der Waals surface area (Å²) in [6.45, 7) is 0.497. The first-order valence-electron chi connectivity index (χ1n) is 6.31. The topological polar surface area (TPSA) is 85.1 Å². The second-order valence-corrected chi connectivity index (χ2v) is 6.04. The Hall–Kier alpha value is -1.95. The van der Waals surface area contributed by atoms with Crippen molar-refractivity contribution in [3.63, 3.8) is 0 Å². The predicted molar refractivity (Wildman–Crippen MR) is 82.0 cm³/mol. The van der Waals surface area contributed by atoms with Crippen LogP contribution in [-0.4, -0.2) is 33.7 Å². The number of hydrogen-bond acceptors (Lipinski definition) is 4. The minimum Gasteiger partial charge on any atom is -0.383 e. The van der Waals surface area contributed by atoms with Crippen molar-refractivity contribution in [2.75, 3.05) is 24.3 Å². The minimum absolute atomic E-state index is 0.185. The van der Waals surface area contributed by atoms with Crippen molar-refractivity contribution in [3.05, 3.63) is 36.0 Å². The Balaban J connectivity index is 2.14. The molecule has 0 aliphatic carbocycles. The van der Waals surface area contributed by atoms with E-state index in [-0.39, 0.29) is 5.91 Å². The lowest BCUT2D eigenvalue weighted by Crippen LogP contribution is -2.25. The summed E-state index contributed by atoms with van der Waals surface area (Å²) in [4.78, 5) is 16.2. The highest BCUT2D eigenvalue weighted by molar-refractivity contribution is 7.84. The standard InChI is InChI=1S/C14H17N3O2S/c1-20(19)8-4-7-16-14(18)12-9-17-13(15)11-6-3-2-5-10(11)12/h2-3,5-6,9H,4,7-8H2,1H3,(H2,15,17)(H,16,18). The molecule has 20 heavy (non-hydrogen) atoms. The summed E-state index contributed by atoms with van der Waals surface area (Å²) < 4.78 is 10.9. The van der Waals surface area contributed by atoms with E-state index in [0.29, 0.717) is 30.1 Å². The first-order valence-corrected chi connectivity index (χ1v) is 8.03. The third kappa shape index (κ3) is 3.33. The maximum atomic E-state index is 12.1. The van der Waals surface area contributed by atoms with Gasteiger partial charge in [0.15, 0.2) is 0 Å². The number of nitrogens with one attached hydrogen (secondary N) is 1. The molecule has 1 aromatic heterocycles. The Morgan fingerprint density at radius 3 is 2.75 bits per heavy atom. The number of rotatable bonds is 5. The van der Waals surface area contributed by atoms with Crippen molar-refractivity contribution in [3.8, 4) is 0 Å². The van der Waals surface area contributed by atoms with E-state index in [1.807, 2.05) is 24.3 Å². The molecule has 5 nitrogen and oxygen atoms in total. The molecular formula is C14H17N3O2S. The van der Waals surface area contributed by atoms with Crippen LogP contribution in [0.15, 0.2) is 30.5 Å². The van der Waals surface area contributed by atoms with Crippen LogP contribution in [0.2, 0.25) is 0 Å². The molecule has 0 aliphatic heterocycles. The highest BCUT2D eigenvalue weighted by Gasteiger charge is 2.11. The van der Waals surface area contributed by atoms with E-state index in [0.717, 1.165) is 10.8 Å². The zero-order valence-corrected chi connectivity index (χ0v) is 12.1. The van der Waals surface area contributed by atoms with Gasteiger partial charge < -0.3 is 11.1 Å². The molecule has 1 heterocycles. The number of hydrogen-bond donors (Lipinski definition) is 2. The largest absolute Gasteiger partial charge is 0.383 e. The lowest BCUT2D eigenvalue weighted by atomic mass is 10.1. The van der Waals surface area contributed by atoms with Crippen LogP contribution in [0.5, 0.6) is 0 Å². The molecule has 2 aromatic rings. The Morgan fingerprint density at radius 1 is 1.35 bits per heavy atom. The second kappa shape index (κ2) is 6.47. The van der Waals surface area contributed by atoms with Crippen LogP contribution in [0.3, 0.4) is 0 Å². The van der Waals surface area contributed by atoms with E-state index >= 15 is 0 Å². The zero-order chi connectivity index (χ0) is 14.5. The van der Waals surface area contributed by atoms with Crippen LogP contribution in [-0.2, 0) is 10.8 Å². The lowest BCUT2D eigenvalue weighted by molar-refractivity contribution is 0.0955. The van der Waals surface area contributed by atoms with Gasteiger partial charge in [-0.05, 0) is 11.8 Å². The Morgan fingerprint density at radius 2 is 2.05 bits per heavy atom. The number of fused-ring (bicyclic) bond motifs is 1. The maximum Gasteiger partial charge on any atom is 0.253 e. The van der Waals surface area contributed by atoms with E-state index in [9.17, 15) is 9.00 Å². The van der Waals surface area contributed by atoms with Gasteiger partial charge in [0.25, 0.3) is 5.91 Å². The van der Waals surface area contributed by atoms with Crippen LogP contribution < -0.4 is 11.1 Å². The summed E-state index contributed by atoms with van der Waals surface area (Å²) in [6.07, 6.45) is 3.83. The van der Waals surface area contributed by atoms with E-state index in [1.165, 1.54) is 6.20 Å². The van der Waals surface area contributed by atoms with Gasteiger partial charge in [0, 0.05) is 40.9 Å². The highest BCUT2D eigenvalue weighted by atomic mass is 32.2. The van der Waals surface area contributed by atoms with Crippen LogP contribution in [0.4, 0.5) is 5.82 Å². The Kier molecular flexibility index (Phi) is 4.68. The van der Waals surface area contributed by atoms with Crippen molar-refractivity contribution < 1.29 is 9.00 Å². The van der Waals surface area contributed by atoms with Crippen molar-refractivity contribution in [2.24, 2.45) is 0 Å². The number of amides is 1. The molecule has 3 N–H and O–H groups in total. The quantitative estimate of drug-likeness (QED) is 0.814. The van der Waals surface area contributed by atoms with Crippen molar-refractivity contribution in [1.82, 2.24) is 10.3 Å². The fraction of sp³-hybridized carbons (Fsp3) is 0.286. The normalized spacial score (nSPS) is 12.2. The van der Waals surface area contributed by atoms with Crippen LogP contribution in [0, 0.1) is 0 Å². The minimum atomic E-state index is -0.830. The molecule has 1 aromatic carbocycles. The number of aromatic nitrogens is 1. The van der Waals surface area contributed by atoms with Gasteiger partial charge in [0.05, 0.1) is 5.56 Å². The number of nitrogens with zero attached hydrogens (tertiary/aromatic N) is 1. The average Bonchev–Trinajstić information content (AvgIpc) is 2.44. The van der Waals surface area contributed by atoms with E-state index in [1.54, 1.807) is 6.26 Å². The summed E-state index contributed by atoms with van der Waals surface area (Å²) in [5.74, 6) is 0.815. The van der Waals surface area contributed by atoms with Crippen molar-refractivity contribution in [2.45, 2.75) is 6.42 Å². The van der Waals surface area contributed by atoms with E-state index < -0.39 is 10.8 Å². The molecular weight excluding hydrogens is 274 g/mol. The summed E-state index contributed by atoms with van der Waals surface area (Å²) in [6, 6.07) is 7.41. The number of anilines is 1. The molecule has 0 saturated carbocycles. The summed E-state index contributed by atoms with van der Waals surface area (Å²) in [7, 11) is -0.830. The number of nitrogen functional groups attached to an aromatic ring is 1. The monoisotopic (exact) mass is 291 g/mol. The zero-order valence-electron chi connectivity index (χ0n) is 11.3. The molecule has 1 unspecified atom stereocenters. The molecule has 2 rings (SSSR count). The Labute approximate surface area is 120 Å². The van der Waals surface area contributed by atoms with Crippen LogP contribution in [0.25, 0.3) is 10.8 Å². The van der Waals surface area contributed by atoms with Gasteiger partial charge in [-0.25, -0.2) is 4.98 Å². The van der Waals surface area contributed by atoms with Crippen LogP contribution in [0.1, 0.15) is 16.8 Å². The molecule has 1 atom stereocenters. The molecule has 1 amide bonds. The number of nitrogens with two attached hydrogens (primary N) is 1. The average molecular weight is 291 g/mol. The molecule has 0 spiro atoms. The Bertz CT molecular complexity index is 658. The lowest BCUT2D eigenvalue weighted by Gasteiger charge is -2.08. The molecule has 6 heteroatoms. The van der Waals surface area contributed by atoms with Gasteiger partial charge in [-0.15, -0.1) is 0 Å². The fourth-order valence-electron chi connectivity index (χ4n) is 1.97. The van der Waals surface area contributed by atoms with Crippen molar-refractivity contribution in [1.29, 1.82) is 0 Å². The van der Waals surface area contributed by atoms with E-state index in [2.05, 4.69) is 10.3 Å². The summed E-state index contributed by atoms with van der Waals surface area (Å²) in [5.41, 5.74) is 6.31. The van der Waals surface area contributed by atoms with Gasteiger partial charge in [-0.1, -0.05) is 24.3 Å². The van der Waals surface area contributed by atoms with Crippen LogP contribution >= 0.6 is 0 Å². The number of carbonyl (C=O) groups is 1. The SMILES string of the molecule is CS(=O)CCCNC(=O)c1cnc(N)c2ccccc12. The van der Waals surface area contributed by atoms with Gasteiger partial charge in [-0.3, -0.25) is 9.00 Å². The molecule has 0 radical (unpaired) electrons. The first kappa shape index (κ1) is 14.5.